The summed E-state index contributed by atoms with van der Waals surface area (Å²) in [5, 5.41) is 3.48. The third-order valence-electron chi connectivity index (χ3n) is 9.30. The van der Waals surface area contributed by atoms with Gasteiger partial charge in [0.15, 0.2) is 0 Å². The van der Waals surface area contributed by atoms with Crippen molar-refractivity contribution in [2.45, 2.75) is 39.8 Å². The molecular weight excluding hydrogens is 879 g/mol. The van der Waals surface area contributed by atoms with Gasteiger partial charge in [-0.3, -0.25) is 18.9 Å². The summed E-state index contributed by atoms with van der Waals surface area (Å²) < 4.78 is 82.6. The lowest BCUT2D eigenvalue weighted by molar-refractivity contribution is 0.0584. The smallest absolute Gasteiger partial charge is 0.356 e. The van der Waals surface area contributed by atoms with Crippen molar-refractivity contribution < 1.29 is 54.5 Å². The Morgan fingerprint density at radius 3 is 1.32 bits per heavy atom. The molecule has 0 unspecified atom stereocenters. The van der Waals surface area contributed by atoms with Crippen molar-refractivity contribution in [3.05, 3.63) is 118 Å². The molecule has 0 atom stereocenters. The van der Waals surface area contributed by atoms with Gasteiger partial charge in [0.25, 0.3) is 20.2 Å². The number of aromatic nitrogens is 2. The number of hydrogen-bond acceptors (Lipinski definition) is 15. The molecule has 348 valence electrons. The summed E-state index contributed by atoms with van der Waals surface area (Å²) in [6, 6.07) is 20.7. The van der Waals surface area contributed by atoms with Crippen molar-refractivity contribution in [3.8, 4) is 35.2 Å². The average Bonchev–Trinajstić information content (AvgIpc) is 3.40. The first-order chi connectivity index (χ1) is 31.1. The number of nitrogens with zero attached hydrogens (tertiary/aromatic N) is 4. The molecule has 19 heteroatoms. The molecule has 1 fully saturated rings. The lowest BCUT2D eigenvalue weighted by Gasteiger charge is -2.25. The second kappa shape index (κ2) is 26.2. The van der Waals surface area contributed by atoms with Crippen LogP contribution in [0.25, 0.3) is 0 Å². The van der Waals surface area contributed by atoms with E-state index in [1.165, 1.54) is 14.2 Å². The van der Waals surface area contributed by atoms with E-state index >= 15 is 0 Å². The summed E-state index contributed by atoms with van der Waals surface area (Å²) in [4.78, 5) is 39.0. The highest BCUT2D eigenvalue weighted by Gasteiger charge is 2.18. The first-order valence-electron chi connectivity index (χ1n) is 20.9. The van der Waals surface area contributed by atoms with Crippen LogP contribution in [-0.4, -0.2) is 136 Å². The summed E-state index contributed by atoms with van der Waals surface area (Å²) >= 11 is 0. The van der Waals surface area contributed by atoms with E-state index in [4.69, 9.17) is 28.1 Å². The average molecular weight is 934 g/mol. The largest absolute Gasteiger partial charge is 0.494 e. The van der Waals surface area contributed by atoms with E-state index in [1.807, 2.05) is 26.0 Å². The van der Waals surface area contributed by atoms with Gasteiger partial charge in [-0.2, -0.15) is 16.8 Å². The molecule has 0 bridgehead atoms. The Kier molecular flexibility index (Phi) is 20.8. The Labute approximate surface area is 381 Å². The van der Waals surface area contributed by atoms with E-state index in [0.29, 0.717) is 97.5 Å². The number of carbonyl (C=O) groups is 2. The molecule has 2 aromatic carbocycles. The molecule has 1 aliphatic heterocycles. The second-order valence-corrected chi connectivity index (χ2v) is 17.4. The number of rotatable bonds is 16. The van der Waals surface area contributed by atoms with Gasteiger partial charge in [-0.25, -0.2) is 19.6 Å². The first-order valence-corrected chi connectivity index (χ1v) is 24.1. The Balaban J connectivity index is 0.00000456. The standard InChI is InChI=1S/C44H49N5O12S2.C2H6/c1-58-43(50)41-29-35(7-5-33-9-13-39(14-10-33)60-23-3-25-62(52,53)54)27-37(46-41)31-48-19-17-45-18-20-49(22-21-48)32-38-28-36(30-42(47-38)44(51)59-2)8-6-34-11-15-40(16-12-34)61-24-4-26-63(55,56)57;1-2/h9-16,27-30,45H,3-4,17-26,31-32H2,1-2H3,(H,52,53,54)(H,55,56,57);1-2H3. The van der Waals surface area contributed by atoms with E-state index in [9.17, 15) is 26.4 Å². The van der Waals surface area contributed by atoms with E-state index in [-0.39, 0.29) is 48.9 Å². The SMILES string of the molecule is CC.COC(=O)c1cc(C#Cc2ccc(OCCCS(=O)(=O)O)cc2)cc(CN2CCNCCN(Cc3cc(C#Cc4ccc(OCCCS(=O)(=O)O)cc4)cc(C(=O)OC)n3)CC2)n1. The van der Waals surface area contributed by atoms with Crippen molar-refractivity contribution in [1.82, 2.24) is 25.1 Å². The molecule has 3 N–H and O–H groups in total. The highest BCUT2D eigenvalue weighted by molar-refractivity contribution is 7.86. The number of pyridine rings is 2. The molecule has 0 amide bonds. The normalized spacial score (nSPS) is 13.4. The number of carbonyl (C=O) groups excluding carboxylic acids is 2. The maximum atomic E-state index is 12.7. The van der Waals surface area contributed by atoms with Crippen LogP contribution in [0, 0.1) is 23.7 Å². The first kappa shape index (κ1) is 51.7. The summed E-state index contributed by atoms with van der Waals surface area (Å²) in [6.45, 7) is 9.25. The molecule has 0 saturated carbocycles. The minimum absolute atomic E-state index is 0.122. The van der Waals surface area contributed by atoms with Crippen molar-refractivity contribution in [3.63, 3.8) is 0 Å². The van der Waals surface area contributed by atoms with Gasteiger partial charge in [0.1, 0.15) is 22.9 Å². The van der Waals surface area contributed by atoms with Gasteiger partial charge in [0.2, 0.25) is 0 Å². The van der Waals surface area contributed by atoms with Crippen LogP contribution in [0.5, 0.6) is 11.5 Å². The molecule has 1 aliphatic rings. The van der Waals surface area contributed by atoms with Crippen LogP contribution in [0.1, 0.15) is 81.3 Å². The van der Waals surface area contributed by atoms with Crippen molar-refractivity contribution in [2.24, 2.45) is 0 Å². The highest BCUT2D eigenvalue weighted by atomic mass is 32.2. The number of benzene rings is 2. The number of esters is 2. The van der Waals surface area contributed by atoms with Gasteiger partial charge in [-0.1, -0.05) is 37.5 Å². The topological polar surface area (TPSA) is 224 Å². The Morgan fingerprint density at radius 2 is 0.969 bits per heavy atom. The van der Waals surface area contributed by atoms with Crippen molar-refractivity contribution in [1.29, 1.82) is 0 Å². The van der Waals surface area contributed by atoms with Gasteiger partial charge in [0, 0.05) is 74.6 Å². The maximum absolute atomic E-state index is 12.7. The lowest BCUT2D eigenvalue weighted by atomic mass is 10.1. The Morgan fingerprint density at radius 1 is 0.600 bits per heavy atom. The quantitative estimate of drug-likeness (QED) is 0.0623. The lowest BCUT2D eigenvalue weighted by Crippen LogP contribution is -2.36. The molecule has 1 saturated heterocycles. The Hall–Kier alpha value is -5.90. The number of ether oxygens (including phenoxy) is 4. The van der Waals surface area contributed by atoms with Crippen LogP contribution < -0.4 is 14.8 Å². The van der Waals surface area contributed by atoms with Crippen LogP contribution >= 0.6 is 0 Å². The molecule has 3 heterocycles. The van der Waals surface area contributed by atoms with Gasteiger partial charge >= 0.3 is 11.9 Å². The van der Waals surface area contributed by atoms with Gasteiger partial charge in [0.05, 0.1) is 50.3 Å². The summed E-state index contributed by atoms with van der Waals surface area (Å²) in [5.74, 6) is 11.5. The monoisotopic (exact) mass is 933 g/mol. The molecule has 0 aliphatic carbocycles. The van der Waals surface area contributed by atoms with Crippen LogP contribution in [0.3, 0.4) is 0 Å². The van der Waals surface area contributed by atoms with Crippen LogP contribution in [-0.2, 0) is 42.8 Å². The predicted molar refractivity (Wildman–Crippen MR) is 244 cm³/mol. The Bertz CT molecular complexity index is 2370. The maximum Gasteiger partial charge on any atom is 0.356 e. The van der Waals surface area contributed by atoms with Gasteiger partial charge in [-0.15, -0.1) is 0 Å². The minimum atomic E-state index is -4.05. The van der Waals surface area contributed by atoms with Crippen LogP contribution in [0.2, 0.25) is 0 Å². The molecule has 65 heavy (non-hydrogen) atoms. The summed E-state index contributed by atoms with van der Waals surface area (Å²) in [5.41, 5.74) is 4.04. The predicted octanol–water partition coefficient (Wildman–Crippen LogP) is 4.10. The third-order valence-corrected chi connectivity index (χ3v) is 10.9. The molecule has 17 nitrogen and oxygen atoms in total. The molecule has 2 aromatic heterocycles. The van der Waals surface area contributed by atoms with E-state index in [0.717, 1.165) is 0 Å². The fourth-order valence-electron chi connectivity index (χ4n) is 6.20. The number of methoxy groups -OCH3 is 2. The zero-order valence-electron chi connectivity index (χ0n) is 36.9. The highest BCUT2D eigenvalue weighted by Crippen LogP contribution is 2.16. The second-order valence-electron chi connectivity index (χ2n) is 14.3. The molecule has 4 aromatic rings. The minimum Gasteiger partial charge on any atom is -0.494 e. The van der Waals surface area contributed by atoms with E-state index < -0.39 is 32.2 Å². The molecule has 0 spiro atoms. The molecule has 0 radical (unpaired) electrons. The van der Waals surface area contributed by atoms with Crippen molar-refractivity contribution in [2.75, 3.05) is 78.2 Å². The third kappa shape index (κ3) is 19.4. The molecule has 5 rings (SSSR count). The summed E-state index contributed by atoms with van der Waals surface area (Å²) in [6.07, 6.45) is 0.295. The van der Waals surface area contributed by atoms with Crippen molar-refractivity contribution >= 4 is 32.2 Å². The number of nitrogens with one attached hydrogen (secondary N) is 1. The fourth-order valence-corrected chi connectivity index (χ4v) is 7.17. The molecular formula is C46H55N5O12S2. The van der Waals surface area contributed by atoms with E-state index in [1.54, 1.807) is 60.7 Å². The number of hydrogen-bond donors (Lipinski definition) is 3. The van der Waals surface area contributed by atoms with Gasteiger partial charge in [-0.05, 0) is 85.6 Å². The van der Waals surface area contributed by atoms with Gasteiger partial charge < -0.3 is 24.3 Å². The van der Waals surface area contributed by atoms with Crippen LogP contribution in [0.4, 0.5) is 0 Å². The van der Waals surface area contributed by atoms with E-state index in [2.05, 4.69) is 48.8 Å². The summed E-state index contributed by atoms with van der Waals surface area (Å²) in [7, 11) is -5.51. The fraction of sp³-hybridized carbons (Fsp3) is 0.391. The zero-order valence-corrected chi connectivity index (χ0v) is 38.5. The van der Waals surface area contributed by atoms with Crippen LogP contribution in [0.15, 0.2) is 72.8 Å². The zero-order chi connectivity index (χ0) is 47.2.